The monoisotopic (exact) mass is 556 g/mol. The van der Waals surface area contributed by atoms with Crippen LogP contribution in [0.15, 0.2) is 46.2 Å². The van der Waals surface area contributed by atoms with Gasteiger partial charge in [-0.3, -0.25) is 9.79 Å². The average molecular weight is 556 g/mol. The van der Waals surface area contributed by atoms with Crippen LogP contribution in [0.25, 0.3) is 0 Å². The number of unbranched alkanes of at least 4 members (excludes halogenated alkanes) is 1. The highest BCUT2D eigenvalue weighted by molar-refractivity contribution is 14.0. The zero-order valence-corrected chi connectivity index (χ0v) is 22.0. The van der Waals surface area contributed by atoms with Crippen molar-refractivity contribution < 1.29 is 9.47 Å². The number of aliphatic imine (C=N–C) groups is 1. The number of pyridine rings is 1. The van der Waals surface area contributed by atoms with Crippen LogP contribution in [0.2, 0.25) is 0 Å². The Hall–Kier alpha value is -2.23. The van der Waals surface area contributed by atoms with E-state index in [4.69, 9.17) is 9.47 Å². The van der Waals surface area contributed by atoms with E-state index in [0.717, 1.165) is 68.5 Å². The van der Waals surface area contributed by atoms with Gasteiger partial charge in [-0.1, -0.05) is 12.1 Å². The molecule has 0 saturated carbocycles. The van der Waals surface area contributed by atoms with Gasteiger partial charge in [-0.25, -0.2) is 0 Å². The molecule has 2 aromatic rings. The van der Waals surface area contributed by atoms with E-state index in [1.165, 1.54) is 5.56 Å². The van der Waals surface area contributed by atoms with E-state index < -0.39 is 0 Å². The zero-order valence-electron chi connectivity index (χ0n) is 19.6. The Morgan fingerprint density at radius 1 is 1.06 bits per heavy atom. The molecule has 1 heterocycles. The molecule has 32 heavy (non-hydrogen) atoms. The standard InChI is InChI=1S/C24H36N4O3.HI/c1-5-31-22-18-20(13-14-21(22)30-4)11-9-16-27-24(25-3)26-15-6-7-17-28-19(2)10-8-12-23(28)29;/h8,10,12-14,18H,5-7,9,11,15-17H2,1-4H3,(H2,25,26,27);1H. The van der Waals surface area contributed by atoms with E-state index in [0.29, 0.717) is 6.61 Å². The quantitative estimate of drug-likeness (QED) is 0.180. The van der Waals surface area contributed by atoms with Gasteiger partial charge >= 0.3 is 0 Å². The summed E-state index contributed by atoms with van der Waals surface area (Å²) < 4.78 is 12.8. The van der Waals surface area contributed by atoms with E-state index >= 15 is 0 Å². The summed E-state index contributed by atoms with van der Waals surface area (Å²) in [4.78, 5) is 16.2. The second-order valence-electron chi connectivity index (χ2n) is 7.31. The third-order valence-corrected chi connectivity index (χ3v) is 5.06. The summed E-state index contributed by atoms with van der Waals surface area (Å²) in [6.45, 7) is 6.94. The van der Waals surface area contributed by atoms with Crippen molar-refractivity contribution >= 4 is 29.9 Å². The Morgan fingerprint density at radius 3 is 2.47 bits per heavy atom. The molecule has 1 aromatic heterocycles. The number of nitrogens with zero attached hydrogens (tertiary/aromatic N) is 2. The molecular weight excluding hydrogens is 519 g/mol. The lowest BCUT2D eigenvalue weighted by atomic mass is 10.1. The molecule has 0 fully saturated rings. The first-order valence-electron chi connectivity index (χ1n) is 11.0. The van der Waals surface area contributed by atoms with E-state index in [2.05, 4.69) is 27.8 Å². The number of nitrogens with one attached hydrogen (secondary N) is 2. The van der Waals surface area contributed by atoms with Crippen LogP contribution in [0.1, 0.15) is 37.4 Å². The number of ether oxygens (including phenoxy) is 2. The van der Waals surface area contributed by atoms with Gasteiger partial charge in [0.1, 0.15) is 0 Å². The van der Waals surface area contributed by atoms with Crippen molar-refractivity contribution in [2.75, 3.05) is 33.9 Å². The molecule has 0 amide bonds. The predicted octanol–water partition coefficient (Wildman–Crippen LogP) is 3.76. The fraction of sp³-hybridized carbons (Fsp3) is 0.500. The maximum atomic E-state index is 11.9. The minimum absolute atomic E-state index is 0. The van der Waals surface area contributed by atoms with Crippen molar-refractivity contribution in [1.29, 1.82) is 0 Å². The van der Waals surface area contributed by atoms with E-state index in [-0.39, 0.29) is 29.5 Å². The number of rotatable bonds is 12. The number of aromatic nitrogens is 1. The van der Waals surface area contributed by atoms with Crippen molar-refractivity contribution in [2.24, 2.45) is 4.99 Å². The summed E-state index contributed by atoms with van der Waals surface area (Å²) in [5, 5.41) is 6.70. The molecule has 0 saturated heterocycles. The van der Waals surface area contributed by atoms with E-state index in [1.54, 1.807) is 26.3 Å². The topological polar surface area (TPSA) is 76.9 Å². The van der Waals surface area contributed by atoms with Crippen molar-refractivity contribution in [3.05, 3.63) is 58.0 Å². The summed E-state index contributed by atoms with van der Waals surface area (Å²) in [7, 11) is 3.43. The van der Waals surface area contributed by atoms with Gasteiger partial charge in [0.2, 0.25) is 0 Å². The lowest BCUT2D eigenvalue weighted by Crippen LogP contribution is -2.38. The number of halogens is 1. The third-order valence-electron chi connectivity index (χ3n) is 5.06. The van der Waals surface area contributed by atoms with Gasteiger partial charge < -0.3 is 24.7 Å². The fourth-order valence-electron chi connectivity index (χ4n) is 3.38. The molecule has 2 N–H and O–H groups in total. The number of benzene rings is 1. The number of guanidine groups is 1. The number of aryl methyl sites for hydroxylation is 2. The number of methoxy groups -OCH3 is 1. The van der Waals surface area contributed by atoms with Crippen LogP contribution in [0.4, 0.5) is 0 Å². The Bertz CT molecular complexity index is 899. The molecule has 1 aromatic carbocycles. The molecule has 0 atom stereocenters. The molecule has 0 aliphatic heterocycles. The number of hydrogen-bond donors (Lipinski definition) is 2. The second-order valence-corrected chi connectivity index (χ2v) is 7.31. The lowest BCUT2D eigenvalue weighted by molar-refractivity contribution is 0.310. The highest BCUT2D eigenvalue weighted by Gasteiger charge is 2.06. The van der Waals surface area contributed by atoms with Crippen LogP contribution in [-0.2, 0) is 13.0 Å². The second kappa shape index (κ2) is 15.6. The summed E-state index contributed by atoms with van der Waals surface area (Å²) in [5.41, 5.74) is 2.29. The van der Waals surface area contributed by atoms with Gasteiger partial charge in [-0.15, -0.1) is 24.0 Å². The molecule has 0 aliphatic rings. The molecule has 0 aliphatic carbocycles. The van der Waals surface area contributed by atoms with Gasteiger partial charge in [0.05, 0.1) is 13.7 Å². The molecule has 0 unspecified atom stereocenters. The van der Waals surface area contributed by atoms with E-state index in [1.807, 2.05) is 30.5 Å². The molecule has 0 radical (unpaired) electrons. The highest BCUT2D eigenvalue weighted by atomic mass is 127. The van der Waals surface area contributed by atoms with Crippen LogP contribution in [0, 0.1) is 6.92 Å². The van der Waals surface area contributed by atoms with E-state index in [9.17, 15) is 4.79 Å². The Labute approximate surface area is 208 Å². The van der Waals surface area contributed by atoms with Gasteiger partial charge in [-0.05, 0) is 63.3 Å². The minimum atomic E-state index is 0. The van der Waals surface area contributed by atoms with Crippen LogP contribution < -0.4 is 25.7 Å². The van der Waals surface area contributed by atoms with Gasteiger partial charge in [0.25, 0.3) is 5.56 Å². The first kappa shape index (κ1) is 27.8. The maximum absolute atomic E-state index is 11.9. The molecule has 0 spiro atoms. The smallest absolute Gasteiger partial charge is 0.250 e. The molecular formula is C24H37IN4O3. The molecule has 8 heteroatoms. The molecule has 178 valence electrons. The lowest BCUT2D eigenvalue weighted by Gasteiger charge is -2.13. The number of hydrogen-bond acceptors (Lipinski definition) is 4. The van der Waals surface area contributed by atoms with Crippen LogP contribution in [0.3, 0.4) is 0 Å². The van der Waals surface area contributed by atoms with Crippen LogP contribution >= 0.6 is 24.0 Å². The first-order valence-corrected chi connectivity index (χ1v) is 11.0. The van der Waals surface area contributed by atoms with Crippen molar-refractivity contribution in [2.45, 2.75) is 46.1 Å². The minimum Gasteiger partial charge on any atom is -0.493 e. The summed E-state index contributed by atoms with van der Waals surface area (Å²) in [6, 6.07) is 11.5. The zero-order chi connectivity index (χ0) is 22.5. The van der Waals surface area contributed by atoms with Crippen LogP contribution in [-0.4, -0.2) is 44.4 Å². The normalized spacial score (nSPS) is 10.9. The van der Waals surface area contributed by atoms with Crippen molar-refractivity contribution in [3.8, 4) is 11.5 Å². The van der Waals surface area contributed by atoms with Crippen molar-refractivity contribution in [1.82, 2.24) is 15.2 Å². The Balaban J connectivity index is 0.00000512. The fourth-order valence-corrected chi connectivity index (χ4v) is 3.38. The Kier molecular flexibility index (Phi) is 13.5. The highest BCUT2D eigenvalue weighted by Crippen LogP contribution is 2.28. The van der Waals surface area contributed by atoms with Crippen molar-refractivity contribution in [3.63, 3.8) is 0 Å². The average Bonchev–Trinajstić information content (AvgIpc) is 2.77. The van der Waals surface area contributed by atoms with Gasteiger partial charge in [-0.2, -0.15) is 0 Å². The molecule has 2 rings (SSSR count). The largest absolute Gasteiger partial charge is 0.493 e. The summed E-state index contributed by atoms with van der Waals surface area (Å²) in [6.07, 6.45) is 3.83. The van der Waals surface area contributed by atoms with Gasteiger partial charge in [0, 0.05) is 38.4 Å². The van der Waals surface area contributed by atoms with Crippen LogP contribution in [0.5, 0.6) is 11.5 Å². The predicted molar refractivity (Wildman–Crippen MR) is 142 cm³/mol. The summed E-state index contributed by atoms with van der Waals surface area (Å²) >= 11 is 0. The summed E-state index contributed by atoms with van der Waals surface area (Å²) in [5.74, 6) is 2.36. The van der Waals surface area contributed by atoms with Gasteiger partial charge in [0.15, 0.2) is 17.5 Å². The molecule has 7 nitrogen and oxygen atoms in total. The first-order chi connectivity index (χ1) is 15.1. The molecule has 0 bridgehead atoms. The Morgan fingerprint density at radius 2 is 1.81 bits per heavy atom. The maximum Gasteiger partial charge on any atom is 0.250 e. The SMILES string of the molecule is CCOc1cc(CCCNC(=NC)NCCCCn2c(C)cccc2=O)ccc1OC.I. The third kappa shape index (κ3) is 9.10.